The average Bonchev–Trinajstić information content (AvgIpc) is 2.32. The zero-order valence-corrected chi connectivity index (χ0v) is 7.48. The molecule has 0 aliphatic carbocycles. The zero-order valence-electron chi connectivity index (χ0n) is 6.67. The minimum absolute atomic E-state index is 0.269. The van der Waals surface area contributed by atoms with Gasteiger partial charge in [-0.3, -0.25) is 4.55 Å². The van der Waals surface area contributed by atoms with Gasteiger partial charge in [0, 0.05) is 6.07 Å². The first-order valence-electron chi connectivity index (χ1n) is 3.20. The first kappa shape index (κ1) is 9.75. The van der Waals surface area contributed by atoms with Gasteiger partial charge in [0.25, 0.3) is 0 Å². The Bertz CT molecular complexity index is 426. The molecule has 0 unspecified atom stereocenters. The fourth-order valence-corrected chi connectivity index (χ4v) is 1.20. The topological polar surface area (TPSA) is 93.6 Å². The molecule has 1 aromatic rings. The highest BCUT2D eigenvalue weighted by molar-refractivity contribution is 7.85. The summed E-state index contributed by atoms with van der Waals surface area (Å²) in [5.74, 6) is 0. The molecule has 1 aromatic heterocycles. The van der Waals surface area contributed by atoms with Crippen LogP contribution in [0.3, 0.4) is 0 Å². The van der Waals surface area contributed by atoms with Gasteiger partial charge in [0.2, 0.25) is 5.09 Å². The van der Waals surface area contributed by atoms with Crippen LogP contribution in [0.15, 0.2) is 21.8 Å². The summed E-state index contributed by atoms with van der Waals surface area (Å²) in [5.41, 5.74) is 0.269. The van der Waals surface area contributed by atoms with E-state index in [1.807, 2.05) is 0 Å². The Morgan fingerprint density at radius 2 is 2.31 bits per heavy atom. The highest BCUT2D eigenvalue weighted by Crippen LogP contribution is 2.11. The molecule has 0 saturated carbocycles. The number of hydrogen-bond acceptors (Lipinski definition) is 4. The van der Waals surface area contributed by atoms with Crippen molar-refractivity contribution in [2.24, 2.45) is 0 Å². The maximum Gasteiger partial charge on any atom is 0.328 e. The van der Waals surface area contributed by atoms with Crippen LogP contribution in [0.4, 0.5) is 0 Å². The van der Waals surface area contributed by atoms with Gasteiger partial charge < -0.3 is 9.62 Å². The summed E-state index contributed by atoms with van der Waals surface area (Å²) in [7, 11) is -3.09. The second-order valence-corrected chi connectivity index (χ2v) is 3.70. The minimum Gasteiger partial charge on any atom is -0.624 e. The van der Waals surface area contributed by atoms with Crippen LogP contribution in [0.2, 0.25) is 0 Å². The van der Waals surface area contributed by atoms with Gasteiger partial charge in [-0.1, -0.05) is 0 Å². The first-order valence-corrected chi connectivity index (χ1v) is 4.64. The second-order valence-electron chi connectivity index (χ2n) is 2.35. The van der Waals surface area contributed by atoms with E-state index < -0.39 is 15.2 Å². The standard InChI is InChI=1S/C6H7NO5S/c1-7(8)3-5-2-6(12-4-5)13(9,10)11/h2-4H,1H3,(H,9,10,11). The summed E-state index contributed by atoms with van der Waals surface area (Å²) in [6.07, 6.45) is 2.16. The molecule has 72 valence electrons. The van der Waals surface area contributed by atoms with E-state index in [1.54, 1.807) is 0 Å². The van der Waals surface area contributed by atoms with Crippen molar-refractivity contribution in [3.63, 3.8) is 0 Å². The summed E-state index contributed by atoms with van der Waals surface area (Å²) in [4.78, 5) is 0. The Kier molecular flexibility index (Phi) is 2.39. The van der Waals surface area contributed by atoms with Crippen molar-refractivity contribution in [2.75, 3.05) is 7.05 Å². The average molecular weight is 205 g/mol. The third-order valence-electron chi connectivity index (χ3n) is 1.18. The van der Waals surface area contributed by atoms with E-state index in [0.29, 0.717) is 4.74 Å². The first-order chi connectivity index (χ1) is 5.89. The highest BCUT2D eigenvalue weighted by Gasteiger charge is 2.14. The molecule has 0 aliphatic heterocycles. The Hall–Kier alpha value is -1.34. The van der Waals surface area contributed by atoms with Crippen molar-refractivity contribution in [1.29, 1.82) is 0 Å². The van der Waals surface area contributed by atoms with E-state index in [1.165, 1.54) is 7.05 Å². The molecule has 0 atom stereocenters. The normalized spacial score (nSPS) is 13.2. The molecule has 0 aliphatic rings. The fraction of sp³-hybridized carbons (Fsp3) is 0.167. The van der Waals surface area contributed by atoms with E-state index in [2.05, 4.69) is 4.42 Å². The predicted molar refractivity (Wildman–Crippen MR) is 43.2 cm³/mol. The number of furan rings is 1. The summed E-state index contributed by atoms with van der Waals surface area (Å²) in [6.45, 7) is 0. The smallest absolute Gasteiger partial charge is 0.328 e. The third kappa shape index (κ3) is 2.56. The molecular weight excluding hydrogens is 198 g/mol. The van der Waals surface area contributed by atoms with Crippen LogP contribution < -0.4 is 0 Å². The minimum atomic E-state index is -4.33. The van der Waals surface area contributed by atoms with Crippen LogP contribution in [0.5, 0.6) is 0 Å². The Morgan fingerprint density at radius 3 is 2.69 bits per heavy atom. The number of hydroxylamine groups is 1. The van der Waals surface area contributed by atoms with E-state index >= 15 is 0 Å². The van der Waals surface area contributed by atoms with E-state index in [-0.39, 0.29) is 5.56 Å². The van der Waals surface area contributed by atoms with Gasteiger partial charge in [-0.2, -0.15) is 8.42 Å². The molecular formula is C6H7NO5S. The number of rotatable bonds is 2. The van der Waals surface area contributed by atoms with Gasteiger partial charge in [0.05, 0.1) is 5.56 Å². The van der Waals surface area contributed by atoms with Crippen molar-refractivity contribution < 1.29 is 22.1 Å². The molecule has 0 radical (unpaired) electrons. The lowest BCUT2D eigenvalue weighted by Gasteiger charge is -1.90. The zero-order chi connectivity index (χ0) is 10.1. The molecule has 13 heavy (non-hydrogen) atoms. The quantitative estimate of drug-likeness (QED) is 0.243. The molecule has 7 heteroatoms. The summed E-state index contributed by atoms with van der Waals surface area (Å²) >= 11 is 0. The molecule has 0 bridgehead atoms. The van der Waals surface area contributed by atoms with Crippen molar-refractivity contribution in [3.05, 3.63) is 23.1 Å². The Morgan fingerprint density at radius 1 is 1.69 bits per heavy atom. The molecule has 1 N–H and O–H groups in total. The maximum absolute atomic E-state index is 10.5. The van der Waals surface area contributed by atoms with Crippen LogP contribution in [0, 0.1) is 5.21 Å². The lowest BCUT2D eigenvalue weighted by Crippen LogP contribution is -1.97. The fourth-order valence-electron chi connectivity index (χ4n) is 0.743. The molecule has 0 spiro atoms. The Balaban J connectivity index is 3.08. The molecule has 1 heterocycles. The van der Waals surface area contributed by atoms with Crippen LogP contribution >= 0.6 is 0 Å². The molecule has 0 saturated heterocycles. The van der Waals surface area contributed by atoms with Crippen LogP contribution in [0.1, 0.15) is 5.56 Å². The molecule has 0 aromatic carbocycles. The summed E-state index contributed by atoms with van der Waals surface area (Å²) < 4.78 is 34.5. The molecule has 0 amide bonds. The largest absolute Gasteiger partial charge is 0.624 e. The summed E-state index contributed by atoms with van der Waals surface area (Å²) in [6, 6.07) is 1.05. The molecule has 1 rings (SSSR count). The van der Waals surface area contributed by atoms with E-state index in [4.69, 9.17) is 4.55 Å². The number of nitrogens with zero attached hydrogens (tertiary/aromatic N) is 1. The van der Waals surface area contributed by atoms with Crippen LogP contribution in [-0.4, -0.2) is 31.0 Å². The lowest BCUT2D eigenvalue weighted by molar-refractivity contribution is -0.416. The van der Waals surface area contributed by atoms with Crippen molar-refractivity contribution in [3.8, 4) is 0 Å². The van der Waals surface area contributed by atoms with Gasteiger partial charge in [-0.15, -0.1) is 0 Å². The van der Waals surface area contributed by atoms with Gasteiger partial charge in [0.1, 0.15) is 13.3 Å². The summed E-state index contributed by atoms with van der Waals surface area (Å²) in [5, 5.41) is 9.90. The van der Waals surface area contributed by atoms with Gasteiger partial charge in [-0.25, -0.2) is 4.74 Å². The van der Waals surface area contributed by atoms with Crippen molar-refractivity contribution in [1.82, 2.24) is 0 Å². The van der Waals surface area contributed by atoms with Crippen molar-refractivity contribution in [2.45, 2.75) is 5.09 Å². The van der Waals surface area contributed by atoms with E-state index in [0.717, 1.165) is 18.5 Å². The van der Waals surface area contributed by atoms with E-state index in [9.17, 15) is 13.6 Å². The maximum atomic E-state index is 10.5. The van der Waals surface area contributed by atoms with Crippen LogP contribution in [0.25, 0.3) is 0 Å². The van der Waals surface area contributed by atoms with Gasteiger partial charge in [-0.05, 0) is 0 Å². The highest BCUT2D eigenvalue weighted by atomic mass is 32.2. The van der Waals surface area contributed by atoms with Crippen LogP contribution in [-0.2, 0) is 10.1 Å². The Labute approximate surface area is 74.4 Å². The monoisotopic (exact) mass is 205 g/mol. The molecule has 0 fully saturated rings. The second kappa shape index (κ2) is 3.19. The number of hydrogen-bond donors (Lipinski definition) is 1. The van der Waals surface area contributed by atoms with Gasteiger partial charge >= 0.3 is 10.1 Å². The SMILES string of the molecule is C[N+]([O-])=Cc1coc(S(=O)(=O)O)c1. The van der Waals surface area contributed by atoms with Crippen molar-refractivity contribution >= 4 is 16.3 Å². The molecule has 6 nitrogen and oxygen atoms in total. The predicted octanol–water partition coefficient (Wildman–Crippen LogP) is 0.0853. The lowest BCUT2D eigenvalue weighted by atomic mass is 10.4. The third-order valence-corrected chi connectivity index (χ3v) is 1.90. The van der Waals surface area contributed by atoms with Gasteiger partial charge in [0.15, 0.2) is 6.21 Å².